The molecule has 0 saturated heterocycles. The van der Waals surface area contributed by atoms with Crippen LogP contribution in [0.4, 0.5) is 5.69 Å². The first kappa shape index (κ1) is 38.7. The van der Waals surface area contributed by atoms with Crippen LogP contribution in [0.25, 0.3) is 66.4 Å². The van der Waals surface area contributed by atoms with Crippen molar-refractivity contribution >= 4 is 27.6 Å². The Hall–Kier alpha value is -7.16. The number of para-hydroxylation sites is 1. The summed E-state index contributed by atoms with van der Waals surface area (Å²) < 4.78 is 5.99. The Balaban J connectivity index is 0.000000144. The highest BCUT2D eigenvalue weighted by atomic mass is 16.3. The van der Waals surface area contributed by atoms with E-state index in [1.54, 1.807) is 0 Å². The molecule has 0 radical (unpaired) electrons. The van der Waals surface area contributed by atoms with E-state index < -0.39 is 0 Å². The fourth-order valence-electron chi connectivity index (χ4n) is 10.6. The molecular formula is C61H51NO. The minimum atomic E-state index is -0.0425. The van der Waals surface area contributed by atoms with Gasteiger partial charge < -0.3 is 9.73 Å². The Morgan fingerprint density at radius 3 is 1.65 bits per heavy atom. The van der Waals surface area contributed by atoms with E-state index in [4.69, 9.17) is 4.42 Å². The molecule has 306 valence electrons. The van der Waals surface area contributed by atoms with Gasteiger partial charge in [-0.1, -0.05) is 192 Å². The number of anilines is 1. The molecule has 9 aromatic rings. The Morgan fingerprint density at radius 2 is 0.952 bits per heavy atom. The molecule has 1 atom stereocenters. The average molecular weight is 814 g/mol. The molecule has 3 aliphatic rings. The standard InChI is InChI=1S/C34H31N.C27H20O/c1-33(2)30-15-9-8-14-28(30)29-18-17-26(23-32(29)33)35-25-19-21-34(3,22-20-25)31-16-10-7-13-27(31)24-11-5-4-6-12-24;1-27(2)23-9-5-3-7-19(23)20-13-11-18(16-24(20)27)17-12-14-26-22(15-17)21-8-4-6-10-25(21)28-26/h4-21,23,35H,22H2,1-3H3;3-16H,1-2H3. The van der Waals surface area contributed by atoms with Crippen molar-refractivity contribution in [1.82, 2.24) is 0 Å². The number of fused-ring (bicyclic) bond motifs is 9. The number of benzene rings is 8. The molecule has 63 heavy (non-hydrogen) atoms. The molecule has 0 bridgehead atoms. The molecule has 0 amide bonds. The molecule has 1 aromatic heterocycles. The summed E-state index contributed by atoms with van der Waals surface area (Å²) >= 11 is 0. The van der Waals surface area contributed by atoms with Crippen LogP contribution >= 0.6 is 0 Å². The molecule has 1 N–H and O–H groups in total. The summed E-state index contributed by atoms with van der Waals surface area (Å²) in [5.74, 6) is 0. The van der Waals surface area contributed by atoms with Crippen LogP contribution in [0.15, 0.2) is 210 Å². The summed E-state index contributed by atoms with van der Waals surface area (Å²) in [6, 6.07) is 65.6. The second kappa shape index (κ2) is 14.7. The Kier molecular flexibility index (Phi) is 9.07. The highest BCUT2D eigenvalue weighted by molar-refractivity contribution is 6.06. The van der Waals surface area contributed by atoms with Crippen LogP contribution in [-0.4, -0.2) is 0 Å². The summed E-state index contributed by atoms with van der Waals surface area (Å²) in [4.78, 5) is 0. The van der Waals surface area contributed by atoms with E-state index in [9.17, 15) is 0 Å². The van der Waals surface area contributed by atoms with Gasteiger partial charge in [0, 0.05) is 38.4 Å². The van der Waals surface area contributed by atoms with Gasteiger partial charge in [0.15, 0.2) is 0 Å². The summed E-state index contributed by atoms with van der Waals surface area (Å²) in [5, 5.41) is 6.04. The fraction of sp³-hybridized carbons (Fsp3) is 0.148. The van der Waals surface area contributed by atoms with Gasteiger partial charge in [-0.3, -0.25) is 0 Å². The van der Waals surface area contributed by atoms with Crippen molar-refractivity contribution in [2.75, 3.05) is 5.32 Å². The van der Waals surface area contributed by atoms with Crippen molar-refractivity contribution in [3.8, 4) is 44.5 Å². The lowest BCUT2D eigenvalue weighted by molar-refractivity contribution is 0.598. The summed E-state index contributed by atoms with van der Waals surface area (Å²) in [7, 11) is 0. The van der Waals surface area contributed by atoms with Gasteiger partial charge >= 0.3 is 0 Å². The van der Waals surface area contributed by atoms with Crippen molar-refractivity contribution in [2.24, 2.45) is 0 Å². The molecule has 2 nitrogen and oxygen atoms in total. The minimum Gasteiger partial charge on any atom is -0.456 e. The SMILES string of the molecule is CC1(C)c2ccccc2-c2ccc(-c3ccc4oc5ccccc5c4c3)cc21.CC1(c2ccccc2-c2ccccc2)C=CC(Nc2ccc3c(c2)C(C)(C)c2ccccc2-3)=CC1. The van der Waals surface area contributed by atoms with E-state index in [0.717, 1.165) is 29.0 Å². The zero-order valence-electron chi connectivity index (χ0n) is 36.7. The maximum atomic E-state index is 5.99. The monoisotopic (exact) mass is 813 g/mol. The normalized spacial score (nSPS) is 17.3. The highest BCUT2D eigenvalue weighted by Crippen LogP contribution is 2.51. The molecule has 2 heteroatoms. The average Bonchev–Trinajstić information content (AvgIpc) is 3.89. The lowest BCUT2D eigenvalue weighted by atomic mass is 9.74. The Bertz CT molecular complexity index is 3300. The number of allylic oxidation sites excluding steroid dienone is 3. The van der Waals surface area contributed by atoms with Crippen LogP contribution in [0.1, 0.15) is 68.9 Å². The smallest absolute Gasteiger partial charge is 0.135 e. The quantitative estimate of drug-likeness (QED) is 0.187. The first-order valence-corrected chi connectivity index (χ1v) is 22.3. The third-order valence-electron chi connectivity index (χ3n) is 14.2. The van der Waals surface area contributed by atoms with E-state index in [-0.39, 0.29) is 16.2 Å². The molecule has 3 aliphatic carbocycles. The van der Waals surface area contributed by atoms with Crippen LogP contribution in [0.5, 0.6) is 0 Å². The fourth-order valence-corrected chi connectivity index (χ4v) is 10.6. The number of rotatable bonds is 5. The van der Waals surface area contributed by atoms with Crippen molar-refractivity contribution < 1.29 is 4.42 Å². The van der Waals surface area contributed by atoms with Gasteiger partial charge in [0.25, 0.3) is 0 Å². The van der Waals surface area contributed by atoms with Crippen molar-refractivity contribution in [1.29, 1.82) is 0 Å². The second-order valence-corrected chi connectivity index (χ2v) is 18.8. The minimum absolute atomic E-state index is 0.0140. The van der Waals surface area contributed by atoms with Crippen LogP contribution in [0, 0.1) is 0 Å². The van der Waals surface area contributed by atoms with E-state index in [0.29, 0.717) is 0 Å². The Labute approximate surface area is 371 Å². The van der Waals surface area contributed by atoms with Gasteiger partial charge in [0.1, 0.15) is 11.2 Å². The summed E-state index contributed by atoms with van der Waals surface area (Å²) in [6.07, 6.45) is 7.91. The van der Waals surface area contributed by atoms with Gasteiger partial charge in [-0.25, -0.2) is 0 Å². The predicted octanol–water partition coefficient (Wildman–Crippen LogP) is 16.4. The summed E-state index contributed by atoms with van der Waals surface area (Å²) in [5.41, 5.74) is 21.7. The number of hydrogen-bond donors (Lipinski definition) is 1. The maximum absolute atomic E-state index is 5.99. The number of furan rings is 1. The Morgan fingerprint density at radius 1 is 0.413 bits per heavy atom. The molecule has 0 spiro atoms. The third kappa shape index (κ3) is 6.47. The molecule has 8 aromatic carbocycles. The molecular weight excluding hydrogens is 763 g/mol. The van der Waals surface area contributed by atoms with Crippen LogP contribution in [-0.2, 0) is 16.2 Å². The number of hydrogen-bond acceptors (Lipinski definition) is 2. The third-order valence-corrected chi connectivity index (χ3v) is 14.2. The molecule has 0 aliphatic heterocycles. The first-order valence-electron chi connectivity index (χ1n) is 22.3. The van der Waals surface area contributed by atoms with Gasteiger partial charge in [0.05, 0.1) is 0 Å². The topological polar surface area (TPSA) is 25.2 Å². The first-order chi connectivity index (χ1) is 30.6. The van der Waals surface area contributed by atoms with E-state index in [1.165, 1.54) is 83.1 Å². The lowest BCUT2D eigenvalue weighted by Crippen LogP contribution is -2.22. The largest absolute Gasteiger partial charge is 0.456 e. The van der Waals surface area contributed by atoms with Crippen molar-refractivity contribution in [2.45, 2.75) is 57.3 Å². The van der Waals surface area contributed by atoms with Crippen molar-refractivity contribution in [3.05, 3.63) is 234 Å². The van der Waals surface area contributed by atoms with Crippen LogP contribution < -0.4 is 5.32 Å². The molecule has 0 saturated carbocycles. The summed E-state index contributed by atoms with van der Waals surface area (Å²) in [6.45, 7) is 11.7. The van der Waals surface area contributed by atoms with E-state index >= 15 is 0 Å². The molecule has 1 heterocycles. The van der Waals surface area contributed by atoms with E-state index in [1.807, 2.05) is 12.1 Å². The lowest BCUT2D eigenvalue weighted by Gasteiger charge is -2.31. The number of nitrogens with one attached hydrogen (secondary N) is 1. The highest BCUT2D eigenvalue weighted by Gasteiger charge is 2.36. The second-order valence-electron chi connectivity index (χ2n) is 18.8. The predicted molar refractivity (Wildman–Crippen MR) is 265 cm³/mol. The van der Waals surface area contributed by atoms with Gasteiger partial charge in [0.2, 0.25) is 0 Å². The van der Waals surface area contributed by atoms with Crippen LogP contribution in [0.3, 0.4) is 0 Å². The van der Waals surface area contributed by atoms with Crippen molar-refractivity contribution in [3.63, 3.8) is 0 Å². The maximum Gasteiger partial charge on any atom is 0.135 e. The van der Waals surface area contributed by atoms with Crippen LogP contribution in [0.2, 0.25) is 0 Å². The van der Waals surface area contributed by atoms with E-state index in [2.05, 4.69) is 228 Å². The molecule has 1 unspecified atom stereocenters. The van der Waals surface area contributed by atoms with Gasteiger partial charge in [-0.2, -0.15) is 0 Å². The zero-order chi connectivity index (χ0) is 42.9. The molecule has 12 rings (SSSR count). The molecule has 0 fully saturated rings. The van der Waals surface area contributed by atoms with Gasteiger partial charge in [-0.15, -0.1) is 0 Å². The van der Waals surface area contributed by atoms with Gasteiger partial charge in [-0.05, 0) is 121 Å². The zero-order valence-corrected chi connectivity index (χ0v) is 36.7.